The van der Waals surface area contributed by atoms with Gasteiger partial charge >= 0.3 is 0 Å². The number of nitrogens with zero attached hydrogens (tertiary/aromatic N) is 1. The Hall–Kier alpha value is -3.31. The van der Waals surface area contributed by atoms with Crippen molar-refractivity contribution in [3.63, 3.8) is 0 Å². The molecule has 5 heteroatoms. The predicted octanol–water partition coefficient (Wildman–Crippen LogP) is 5.86. The summed E-state index contributed by atoms with van der Waals surface area (Å²) in [5.41, 5.74) is 8.00. The first-order valence-electron chi connectivity index (χ1n) is 11.5. The van der Waals surface area contributed by atoms with Crippen LogP contribution in [-0.4, -0.2) is 23.5 Å². The normalized spacial score (nSPS) is 17.4. The maximum atomic E-state index is 14.3. The van der Waals surface area contributed by atoms with E-state index in [1.54, 1.807) is 19.2 Å². The van der Waals surface area contributed by atoms with Crippen LogP contribution in [0.25, 0.3) is 10.9 Å². The number of benzene rings is 3. The van der Waals surface area contributed by atoms with Crippen molar-refractivity contribution < 1.29 is 13.9 Å². The molecule has 3 aromatic carbocycles. The Morgan fingerprint density at radius 1 is 1.09 bits per heavy atom. The highest BCUT2D eigenvalue weighted by atomic mass is 19.1. The first kappa shape index (κ1) is 20.3. The van der Waals surface area contributed by atoms with Gasteiger partial charge < -0.3 is 14.5 Å². The van der Waals surface area contributed by atoms with Crippen molar-refractivity contribution in [2.75, 3.05) is 13.7 Å². The monoisotopic (exact) mass is 442 g/mol. The van der Waals surface area contributed by atoms with Crippen LogP contribution in [0.5, 0.6) is 11.5 Å². The van der Waals surface area contributed by atoms with Crippen molar-refractivity contribution in [3.05, 3.63) is 93.9 Å². The second kappa shape index (κ2) is 7.92. The van der Waals surface area contributed by atoms with E-state index in [0.29, 0.717) is 23.1 Å². The van der Waals surface area contributed by atoms with Crippen LogP contribution in [0.2, 0.25) is 0 Å². The number of aromatic amines is 1. The summed E-state index contributed by atoms with van der Waals surface area (Å²) in [6.45, 7) is 3.99. The van der Waals surface area contributed by atoms with E-state index in [4.69, 9.17) is 9.47 Å². The lowest BCUT2D eigenvalue weighted by Crippen LogP contribution is -2.39. The van der Waals surface area contributed by atoms with Gasteiger partial charge in [0.15, 0.2) is 11.5 Å². The number of rotatable bonds is 4. The molecule has 0 saturated heterocycles. The van der Waals surface area contributed by atoms with Crippen LogP contribution in [0, 0.1) is 12.7 Å². The number of halogens is 1. The first-order chi connectivity index (χ1) is 16.1. The topological polar surface area (TPSA) is 37.5 Å². The predicted molar refractivity (Wildman–Crippen MR) is 127 cm³/mol. The Bertz CT molecular complexity index is 1360. The standard InChI is InChI=1S/C28H27FN2O2/c1-17-7-8-19(23(29)11-17)16-33-28-14-21-18(12-27(28)32-2)9-10-31-15-25-22(13-26(21)31)20-5-3-4-6-24(20)30-25/h3-8,11-12,14,26,30H,9-10,13,15-16H2,1-2H3. The summed E-state index contributed by atoms with van der Waals surface area (Å²) >= 11 is 0. The van der Waals surface area contributed by atoms with Crippen LogP contribution in [-0.2, 0) is 26.0 Å². The van der Waals surface area contributed by atoms with Crippen LogP contribution < -0.4 is 9.47 Å². The van der Waals surface area contributed by atoms with Gasteiger partial charge in [0.2, 0.25) is 0 Å². The molecule has 168 valence electrons. The molecule has 4 aromatic rings. The Morgan fingerprint density at radius 3 is 2.82 bits per heavy atom. The molecule has 2 aliphatic rings. The van der Waals surface area contributed by atoms with E-state index in [1.165, 1.54) is 33.3 Å². The minimum absolute atomic E-state index is 0.169. The third-order valence-electron chi connectivity index (χ3n) is 7.15. The molecular formula is C28H27FN2O2. The van der Waals surface area contributed by atoms with Crippen LogP contribution in [0.3, 0.4) is 0 Å². The lowest BCUT2D eigenvalue weighted by Gasteiger charge is -2.40. The zero-order chi connectivity index (χ0) is 22.5. The molecule has 1 unspecified atom stereocenters. The van der Waals surface area contributed by atoms with Crippen LogP contribution in [0.15, 0.2) is 54.6 Å². The Morgan fingerprint density at radius 2 is 1.97 bits per heavy atom. The fourth-order valence-corrected chi connectivity index (χ4v) is 5.41. The number of para-hydroxylation sites is 1. The fraction of sp³-hybridized carbons (Fsp3) is 0.286. The highest BCUT2D eigenvalue weighted by molar-refractivity contribution is 5.85. The van der Waals surface area contributed by atoms with E-state index in [0.717, 1.165) is 31.5 Å². The summed E-state index contributed by atoms with van der Waals surface area (Å²) in [5.74, 6) is 1.14. The molecule has 0 aliphatic carbocycles. The van der Waals surface area contributed by atoms with Gasteiger partial charge in [-0.2, -0.15) is 0 Å². The Balaban J connectivity index is 1.34. The summed E-state index contributed by atoms with van der Waals surface area (Å²) in [6.07, 6.45) is 1.94. The van der Waals surface area contributed by atoms with Crippen molar-refractivity contribution in [1.29, 1.82) is 0 Å². The van der Waals surface area contributed by atoms with Gasteiger partial charge in [-0.15, -0.1) is 0 Å². The quantitative estimate of drug-likeness (QED) is 0.430. The Kier molecular flexibility index (Phi) is 4.88. The summed E-state index contributed by atoms with van der Waals surface area (Å²) < 4.78 is 26.1. The first-order valence-corrected chi connectivity index (χ1v) is 11.5. The number of hydrogen-bond acceptors (Lipinski definition) is 3. The number of methoxy groups -OCH3 is 1. The summed E-state index contributed by atoms with van der Waals surface area (Å²) in [6, 6.07) is 18.3. The minimum Gasteiger partial charge on any atom is -0.493 e. The molecule has 33 heavy (non-hydrogen) atoms. The number of fused-ring (bicyclic) bond motifs is 6. The number of hydrogen-bond donors (Lipinski definition) is 1. The second-order valence-corrected chi connectivity index (χ2v) is 9.15. The molecule has 4 nitrogen and oxygen atoms in total. The van der Waals surface area contributed by atoms with E-state index < -0.39 is 0 Å². The molecule has 2 aliphatic heterocycles. The molecule has 0 radical (unpaired) electrons. The lowest BCUT2D eigenvalue weighted by atomic mass is 9.85. The molecule has 0 spiro atoms. The molecule has 3 heterocycles. The highest BCUT2D eigenvalue weighted by Gasteiger charge is 2.34. The zero-order valence-electron chi connectivity index (χ0n) is 19.0. The molecule has 1 atom stereocenters. The molecule has 1 N–H and O–H groups in total. The van der Waals surface area contributed by atoms with Gasteiger partial charge in [-0.3, -0.25) is 4.90 Å². The maximum Gasteiger partial charge on any atom is 0.162 e. The van der Waals surface area contributed by atoms with Crippen molar-refractivity contribution in [3.8, 4) is 11.5 Å². The third kappa shape index (κ3) is 3.47. The van der Waals surface area contributed by atoms with Gasteiger partial charge in [0, 0.05) is 41.3 Å². The van der Waals surface area contributed by atoms with E-state index in [-0.39, 0.29) is 12.4 Å². The van der Waals surface area contributed by atoms with Crippen molar-refractivity contribution in [2.45, 2.75) is 39.0 Å². The lowest BCUT2D eigenvalue weighted by molar-refractivity contribution is 0.158. The van der Waals surface area contributed by atoms with Gasteiger partial charge in [0.05, 0.1) is 7.11 Å². The average Bonchev–Trinajstić information content (AvgIpc) is 3.19. The van der Waals surface area contributed by atoms with E-state index in [1.807, 2.05) is 13.0 Å². The van der Waals surface area contributed by atoms with E-state index in [2.05, 4.69) is 46.3 Å². The molecule has 0 fully saturated rings. The average molecular weight is 443 g/mol. The van der Waals surface area contributed by atoms with Crippen LogP contribution >= 0.6 is 0 Å². The number of H-pyrrole nitrogens is 1. The molecule has 6 rings (SSSR count). The number of aromatic nitrogens is 1. The molecular weight excluding hydrogens is 415 g/mol. The van der Waals surface area contributed by atoms with Crippen LogP contribution in [0.4, 0.5) is 4.39 Å². The fourth-order valence-electron chi connectivity index (χ4n) is 5.41. The zero-order valence-corrected chi connectivity index (χ0v) is 19.0. The summed E-state index contributed by atoms with van der Waals surface area (Å²) in [5, 5.41) is 1.32. The van der Waals surface area contributed by atoms with Crippen molar-refractivity contribution >= 4 is 10.9 Å². The molecule has 0 saturated carbocycles. The molecule has 0 amide bonds. The SMILES string of the molecule is COc1cc2c(cc1OCc1ccc(C)cc1F)C1Cc3c([nH]c4ccccc34)CN1CC2. The number of nitrogens with one attached hydrogen (secondary N) is 1. The molecule has 0 bridgehead atoms. The Labute approximate surface area is 192 Å². The van der Waals surface area contributed by atoms with Gasteiger partial charge in [0.25, 0.3) is 0 Å². The summed E-state index contributed by atoms with van der Waals surface area (Å²) in [4.78, 5) is 6.18. The van der Waals surface area contributed by atoms with Gasteiger partial charge in [-0.25, -0.2) is 4.39 Å². The minimum atomic E-state index is -0.239. The molecule has 1 aromatic heterocycles. The van der Waals surface area contributed by atoms with Crippen LogP contribution in [0.1, 0.15) is 39.6 Å². The van der Waals surface area contributed by atoms with E-state index >= 15 is 0 Å². The number of aryl methyl sites for hydroxylation is 1. The van der Waals surface area contributed by atoms with Crippen molar-refractivity contribution in [2.24, 2.45) is 0 Å². The highest BCUT2D eigenvalue weighted by Crippen LogP contribution is 2.44. The second-order valence-electron chi connectivity index (χ2n) is 9.15. The summed E-state index contributed by atoms with van der Waals surface area (Å²) in [7, 11) is 1.66. The van der Waals surface area contributed by atoms with Gasteiger partial charge in [-0.05, 0) is 66.3 Å². The largest absolute Gasteiger partial charge is 0.493 e. The third-order valence-corrected chi connectivity index (χ3v) is 7.15. The van der Waals surface area contributed by atoms with Crippen molar-refractivity contribution in [1.82, 2.24) is 9.88 Å². The smallest absolute Gasteiger partial charge is 0.162 e. The van der Waals surface area contributed by atoms with E-state index in [9.17, 15) is 4.39 Å². The van der Waals surface area contributed by atoms with Gasteiger partial charge in [0.1, 0.15) is 12.4 Å². The number of ether oxygens (including phenoxy) is 2. The van der Waals surface area contributed by atoms with Gasteiger partial charge in [-0.1, -0.05) is 30.3 Å². The maximum absolute atomic E-state index is 14.3.